The molecule has 0 bridgehead atoms. The summed E-state index contributed by atoms with van der Waals surface area (Å²) in [5.74, 6) is -0.0202. The van der Waals surface area contributed by atoms with Gasteiger partial charge in [-0.2, -0.15) is 0 Å². The molecular weight excluding hydrogens is 336 g/mol. The molecule has 4 heteroatoms. The number of hydrogen-bond donors (Lipinski definition) is 1. The molecular formula is C12H15ClINO. The molecule has 0 heterocycles. The molecule has 0 aromatic heterocycles. The molecule has 0 fully saturated rings. The number of aryl methyl sites for hydroxylation is 1. The molecule has 0 aliphatic rings. The number of halogens is 2. The van der Waals surface area contributed by atoms with Gasteiger partial charge >= 0.3 is 0 Å². The van der Waals surface area contributed by atoms with Crippen molar-refractivity contribution >= 4 is 40.1 Å². The molecule has 88 valence electrons. The fourth-order valence-electron chi connectivity index (χ4n) is 1.31. The third-order valence-corrected chi connectivity index (χ3v) is 3.45. The van der Waals surface area contributed by atoms with Crippen LogP contribution in [0.25, 0.3) is 0 Å². The summed E-state index contributed by atoms with van der Waals surface area (Å²) in [7, 11) is 0. The standard InChI is InChI=1S/C12H15ClINO/c1-9-8-10(4-5-11(9)13)12(16)15-7-3-2-6-14/h4-5,8H,2-3,6-7H2,1H3,(H,15,16). The maximum atomic E-state index is 11.7. The van der Waals surface area contributed by atoms with E-state index in [0.29, 0.717) is 10.6 Å². The summed E-state index contributed by atoms with van der Waals surface area (Å²) in [5, 5.41) is 3.59. The summed E-state index contributed by atoms with van der Waals surface area (Å²) in [6.07, 6.45) is 2.17. The van der Waals surface area contributed by atoms with Crippen molar-refractivity contribution in [2.24, 2.45) is 0 Å². The second kappa shape index (κ2) is 7.12. The molecule has 0 radical (unpaired) electrons. The minimum atomic E-state index is -0.0202. The van der Waals surface area contributed by atoms with E-state index in [1.54, 1.807) is 12.1 Å². The van der Waals surface area contributed by atoms with Crippen molar-refractivity contribution in [2.45, 2.75) is 19.8 Å². The summed E-state index contributed by atoms with van der Waals surface area (Å²) in [5.41, 5.74) is 1.61. The van der Waals surface area contributed by atoms with Gasteiger partial charge in [-0.25, -0.2) is 0 Å². The minimum absolute atomic E-state index is 0.0202. The van der Waals surface area contributed by atoms with E-state index in [2.05, 4.69) is 27.9 Å². The normalized spacial score (nSPS) is 10.2. The van der Waals surface area contributed by atoms with Crippen molar-refractivity contribution in [2.75, 3.05) is 11.0 Å². The van der Waals surface area contributed by atoms with E-state index in [1.807, 2.05) is 13.0 Å². The fourth-order valence-corrected chi connectivity index (χ4v) is 1.97. The van der Waals surface area contributed by atoms with Crippen LogP contribution in [0.3, 0.4) is 0 Å². The first-order chi connectivity index (χ1) is 7.65. The highest BCUT2D eigenvalue weighted by atomic mass is 127. The van der Waals surface area contributed by atoms with Crippen LogP contribution < -0.4 is 5.32 Å². The van der Waals surface area contributed by atoms with Gasteiger partial charge in [-0.05, 0) is 48.0 Å². The molecule has 1 N–H and O–H groups in total. The Labute approximate surface area is 115 Å². The Morgan fingerprint density at radius 1 is 1.44 bits per heavy atom. The van der Waals surface area contributed by atoms with Crippen LogP contribution in [-0.4, -0.2) is 16.9 Å². The van der Waals surface area contributed by atoms with Crippen molar-refractivity contribution in [1.82, 2.24) is 5.32 Å². The van der Waals surface area contributed by atoms with Crippen LogP contribution in [0.4, 0.5) is 0 Å². The fraction of sp³-hybridized carbons (Fsp3) is 0.417. The van der Waals surface area contributed by atoms with Gasteiger partial charge in [-0.15, -0.1) is 0 Å². The van der Waals surface area contributed by atoms with Gasteiger partial charge in [-0.1, -0.05) is 34.2 Å². The van der Waals surface area contributed by atoms with E-state index in [-0.39, 0.29) is 5.91 Å². The highest BCUT2D eigenvalue weighted by molar-refractivity contribution is 14.1. The van der Waals surface area contributed by atoms with Gasteiger partial charge in [-0.3, -0.25) is 4.79 Å². The van der Waals surface area contributed by atoms with Crippen LogP contribution in [0, 0.1) is 6.92 Å². The molecule has 0 aliphatic heterocycles. The smallest absolute Gasteiger partial charge is 0.251 e. The van der Waals surface area contributed by atoms with Gasteiger partial charge in [0.2, 0.25) is 0 Å². The molecule has 1 amide bonds. The number of alkyl halides is 1. The van der Waals surface area contributed by atoms with Crippen LogP contribution in [0.5, 0.6) is 0 Å². The zero-order valence-electron chi connectivity index (χ0n) is 9.22. The average Bonchev–Trinajstić information content (AvgIpc) is 2.28. The number of benzene rings is 1. The Morgan fingerprint density at radius 2 is 2.19 bits per heavy atom. The lowest BCUT2D eigenvalue weighted by Crippen LogP contribution is -2.24. The number of hydrogen-bond acceptors (Lipinski definition) is 1. The monoisotopic (exact) mass is 351 g/mol. The van der Waals surface area contributed by atoms with Crippen LogP contribution in [-0.2, 0) is 0 Å². The van der Waals surface area contributed by atoms with Gasteiger partial charge in [0.25, 0.3) is 5.91 Å². The first-order valence-electron chi connectivity index (χ1n) is 5.25. The third kappa shape index (κ3) is 4.29. The first kappa shape index (κ1) is 13.8. The third-order valence-electron chi connectivity index (χ3n) is 2.27. The molecule has 0 saturated carbocycles. The molecule has 1 aromatic rings. The number of nitrogens with one attached hydrogen (secondary N) is 1. The summed E-state index contributed by atoms with van der Waals surface area (Å²) in [4.78, 5) is 11.7. The number of unbranched alkanes of at least 4 members (excludes halogenated alkanes) is 1. The van der Waals surface area contributed by atoms with E-state index in [1.165, 1.54) is 0 Å². The van der Waals surface area contributed by atoms with Crippen molar-refractivity contribution in [3.8, 4) is 0 Å². The lowest BCUT2D eigenvalue weighted by atomic mass is 10.1. The van der Waals surface area contributed by atoms with E-state index in [4.69, 9.17) is 11.6 Å². The van der Waals surface area contributed by atoms with E-state index in [9.17, 15) is 4.79 Å². The topological polar surface area (TPSA) is 29.1 Å². The second-order valence-corrected chi connectivity index (χ2v) is 5.10. The molecule has 0 unspecified atom stereocenters. The summed E-state index contributed by atoms with van der Waals surface area (Å²) in [6.45, 7) is 2.64. The van der Waals surface area contributed by atoms with Crippen molar-refractivity contribution in [3.05, 3.63) is 34.3 Å². The zero-order chi connectivity index (χ0) is 12.0. The SMILES string of the molecule is Cc1cc(C(=O)NCCCCI)ccc1Cl. The highest BCUT2D eigenvalue weighted by Crippen LogP contribution is 2.16. The van der Waals surface area contributed by atoms with Crippen molar-refractivity contribution < 1.29 is 4.79 Å². The number of carbonyl (C=O) groups excluding carboxylic acids is 1. The Kier molecular flexibility index (Phi) is 6.13. The van der Waals surface area contributed by atoms with Crippen LogP contribution in [0.15, 0.2) is 18.2 Å². The van der Waals surface area contributed by atoms with Gasteiger partial charge in [0.15, 0.2) is 0 Å². The van der Waals surface area contributed by atoms with Gasteiger partial charge in [0.05, 0.1) is 0 Å². The summed E-state index contributed by atoms with van der Waals surface area (Å²) in [6, 6.07) is 5.33. The van der Waals surface area contributed by atoms with Crippen LogP contribution in [0.2, 0.25) is 5.02 Å². The van der Waals surface area contributed by atoms with Crippen LogP contribution >= 0.6 is 34.2 Å². The lowest BCUT2D eigenvalue weighted by Gasteiger charge is -2.06. The predicted molar refractivity (Wildman–Crippen MR) is 76.6 cm³/mol. The van der Waals surface area contributed by atoms with E-state index >= 15 is 0 Å². The Bertz CT molecular complexity index is 368. The molecule has 0 aliphatic carbocycles. The van der Waals surface area contributed by atoms with Gasteiger partial charge < -0.3 is 5.32 Å². The molecule has 0 saturated heterocycles. The second-order valence-electron chi connectivity index (χ2n) is 3.62. The van der Waals surface area contributed by atoms with Crippen molar-refractivity contribution in [1.29, 1.82) is 0 Å². The maximum Gasteiger partial charge on any atom is 0.251 e. The average molecular weight is 352 g/mol. The summed E-state index contributed by atoms with van der Waals surface area (Å²) >= 11 is 8.23. The summed E-state index contributed by atoms with van der Waals surface area (Å²) < 4.78 is 1.13. The van der Waals surface area contributed by atoms with Crippen molar-refractivity contribution in [3.63, 3.8) is 0 Å². The lowest BCUT2D eigenvalue weighted by molar-refractivity contribution is 0.0953. The van der Waals surface area contributed by atoms with Crippen LogP contribution in [0.1, 0.15) is 28.8 Å². The Hall–Kier alpha value is -0.290. The largest absolute Gasteiger partial charge is 0.352 e. The zero-order valence-corrected chi connectivity index (χ0v) is 12.1. The highest BCUT2D eigenvalue weighted by Gasteiger charge is 2.05. The Morgan fingerprint density at radius 3 is 2.81 bits per heavy atom. The first-order valence-corrected chi connectivity index (χ1v) is 7.16. The molecule has 2 nitrogen and oxygen atoms in total. The number of rotatable bonds is 5. The Balaban J connectivity index is 2.50. The number of carbonyl (C=O) groups is 1. The quantitative estimate of drug-likeness (QED) is 0.490. The molecule has 1 aromatic carbocycles. The van der Waals surface area contributed by atoms with E-state index in [0.717, 1.165) is 29.4 Å². The van der Waals surface area contributed by atoms with Gasteiger partial charge in [0, 0.05) is 17.1 Å². The van der Waals surface area contributed by atoms with Gasteiger partial charge in [0.1, 0.15) is 0 Å². The molecule has 0 spiro atoms. The maximum absolute atomic E-state index is 11.7. The van der Waals surface area contributed by atoms with E-state index < -0.39 is 0 Å². The predicted octanol–water partition coefficient (Wildman–Crippen LogP) is 3.59. The number of amides is 1. The molecule has 16 heavy (non-hydrogen) atoms. The minimum Gasteiger partial charge on any atom is -0.352 e. The molecule has 1 rings (SSSR count). The molecule has 0 atom stereocenters.